The highest BCUT2D eigenvalue weighted by atomic mass is 19.1. The number of nitrogens with one attached hydrogen (secondary N) is 2. The van der Waals surface area contributed by atoms with E-state index in [1.165, 1.54) is 12.1 Å². The molecule has 3 aromatic rings. The number of fused-ring (bicyclic) bond motifs is 2. The van der Waals surface area contributed by atoms with Gasteiger partial charge in [0.2, 0.25) is 5.89 Å². The molecule has 1 aliphatic rings. The summed E-state index contributed by atoms with van der Waals surface area (Å²) in [6.45, 7) is 0.701. The fourth-order valence-electron chi connectivity index (χ4n) is 2.41. The van der Waals surface area contributed by atoms with E-state index in [0.717, 1.165) is 11.4 Å². The second-order valence-electron chi connectivity index (χ2n) is 4.63. The third-order valence-electron chi connectivity index (χ3n) is 3.39. The molecule has 1 aromatic carbocycles. The number of imidazole rings is 1. The number of halogens is 1. The third-order valence-corrected chi connectivity index (χ3v) is 3.39. The minimum Gasteiger partial charge on any atom is -0.439 e. The molecule has 0 saturated heterocycles. The summed E-state index contributed by atoms with van der Waals surface area (Å²) < 4.78 is 18.8. The number of hydrogen-bond donors (Lipinski definition) is 2. The predicted octanol–water partition coefficient (Wildman–Crippen LogP) is 2.08. The smallest absolute Gasteiger partial charge is 0.213 e. The van der Waals surface area contributed by atoms with Crippen LogP contribution >= 0.6 is 0 Å². The van der Waals surface area contributed by atoms with Gasteiger partial charge in [-0.25, -0.2) is 14.4 Å². The molecule has 2 aromatic heterocycles. The standard InChI is InChI=1S/C13H11FN4O/c14-7-1-2-12-9(3-7)18-13(19-12)10-4-8-11(5-15-10)17-6-16-8/h1-3,6,10,15H,4-5H2,(H,16,17). The second kappa shape index (κ2) is 3.89. The van der Waals surface area contributed by atoms with Crippen molar-refractivity contribution in [3.63, 3.8) is 0 Å². The zero-order valence-electron chi connectivity index (χ0n) is 9.98. The number of hydrogen-bond acceptors (Lipinski definition) is 4. The second-order valence-corrected chi connectivity index (χ2v) is 4.63. The van der Waals surface area contributed by atoms with E-state index in [1.54, 1.807) is 12.4 Å². The van der Waals surface area contributed by atoms with E-state index in [1.807, 2.05) is 0 Å². The van der Waals surface area contributed by atoms with Crippen LogP contribution in [0.2, 0.25) is 0 Å². The van der Waals surface area contributed by atoms with Gasteiger partial charge in [0.1, 0.15) is 11.3 Å². The maximum absolute atomic E-state index is 13.1. The number of aromatic amines is 1. The first-order valence-corrected chi connectivity index (χ1v) is 6.10. The normalized spacial score (nSPS) is 18.7. The summed E-state index contributed by atoms with van der Waals surface area (Å²) >= 11 is 0. The summed E-state index contributed by atoms with van der Waals surface area (Å²) in [5.41, 5.74) is 3.27. The molecule has 0 fully saturated rings. The van der Waals surface area contributed by atoms with Crippen molar-refractivity contribution >= 4 is 11.1 Å². The summed E-state index contributed by atoms with van der Waals surface area (Å²) in [7, 11) is 0. The average Bonchev–Trinajstić information content (AvgIpc) is 3.02. The molecule has 0 bridgehead atoms. The SMILES string of the molecule is Fc1ccc2oc(C3Cc4nc[nH]c4CN3)nc2c1. The van der Waals surface area contributed by atoms with Gasteiger partial charge in [0.15, 0.2) is 5.58 Å². The largest absolute Gasteiger partial charge is 0.439 e. The van der Waals surface area contributed by atoms with E-state index in [-0.39, 0.29) is 11.9 Å². The Hall–Kier alpha value is -2.21. The van der Waals surface area contributed by atoms with E-state index in [4.69, 9.17) is 4.42 Å². The Balaban J connectivity index is 1.71. The summed E-state index contributed by atoms with van der Waals surface area (Å²) in [5.74, 6) is 0.271. The molecule has 2 N–H and O–H groups in total. The van der Waals surface area contributed by atoms with Gasteiger partial charge in [0.25, 0.3) is 0 Å². The lowest BCUT2D eigenvalue weighted by Gasteiger charge is -2.19. The lowest BCUT2D eigenvalue weighted by atomic mass is 10.1. The van der Waals surface area contributed by atoms with Crippen molar-refractivity contribution in [2.45, 2.75) is 19.0 Å². The molecule has 0 amide bonds. The first kappa shape index (κ1) is 10.7. The molecule has 0 aliphatic carbocycles. The molecular weight excluding hydrogens is 247 g/mol. The molecule has 3 heterocycles. The molecule has 19 heavy (non-hydrogen) atoms. The van der Waals surface area contributed by atoms with Crippen LogP contribution in [-0.2, 0) is 13.0 Å². The van der Waals surface area contributed by atoms with Gasteiger partial charge in [-0.2, -0.15) is 0 Å². The molecular formula is C13H11FN4O. The van der Waals surface area contributed by atoms with Crippen LogP contribution in [0, 0.1) is 5.82 Å². The lowest BCUT2D eigenvalue weighted by molar-refractivity contribution is 0.391. The summed E-state index contributed by atoms with van der Waals surface area (Å²) in [6, 6.07) is 4.33. The van der Waals surface area contributed by atoms with Crippen molar-refractivity contribution in [1.82, 2.24) is 20.3 Å². The highest BCUT2D eigenvalue weighted by molar-refractivity contribution is 5.72. The number of rotatable bonds is 1. The molecule has 96 valence electrons. The zero-order chi connectivity index (χ0) is 12.8. The molecule has 0 saturated carbocycles. The number of aromatic nitrogens is 3. The van der Waals surface area contributed by atoms with Crippen LogP contribution in [0.5, 0.6) is 0 Å². The number of benzene rings is 1. The van der Waals surface area contributed by atoms with Crippen LogP contribution in [0.1, 0.15) is 23.3 Å². The van der Waals surface area contributed by atoms with E-state index in [9.17, 15) is 4.39 Å². The van der Waals surface area contributed by atoms with Gasteiger partial charge in [0.05, 0.1) is 23.8 Å². The van der Waals surface area contributed by atoms with Crippen molar-refractivity contribution in [1.29, 1.82) is 0 Å². The monoisotopic (exact) mass is 258 g/mol. The maximum atomic E-state index is 13.1. The van der Waals surface area contributed by atoms with Gasteiger partial charge < -0.3 is 9.40 Å². The first-order chi connectivity index (χ1) is 9.29. The van der Waals surface area contributed by atoms with Crippen molar-refractivity contribution in [2.24, 2.45) is 0 Å². The van der Waals surface area contributed by atoms with Crippen LogP contribution in [0.3, 0.4) is 0 Å². The quantitative estimate of drug-likeness (QED) is 0.701. The fraction of sp³-hybridized carbons (Fsp3) is 0.231. The van der Waals surface area contributed by atoms with E-state index >= 15 is 0 Å². The van der Waals surface area contributed by atoms with E-state index < -0.39 is 0 Å². The van der Waals surface area contributed by atoms with Gasteiger partial charge in [-0.15, -0.1) is 0 Å². The van der Waals surface area contributed by atoms with Crippen LogP contribution in [0.25, 0.3) is 11.1 Å². The predicted molar refractivity (Wildman–Crippen MR) is 65.8 cm³/mol. The lowest BCUT2D eigenvalue weighted by Crippen LogP contribution is -2.28. The van der Waals surface area contributed by atoms with Crippen LogP contribution in [0.15, 0.2) is 28.9 Å². The molecule has 0 spiro atoms. The molecule has 1 aliphatic heterocycles. The fourth-order valence-corrected chi connectivity index (χ4v) is 2.41. The first-order valence-electron chi connectivity index (χ1n) is 6.10. The van der Waals surface area contributed by atoms with Gasteiger partial charge in [0, 0.05) is 19.0 Å². The topological polar surface area (TPSA) is 66.7 Å². The number of oxazole rings is 1. The van der Waals surface area contributed by atoms with Gasteiger partial charge in [-0.05, 0) is 12.1 Å². The Labute approximate surface area is 107 Å². The van der Waals surface area contributed by atoms with Crippen LogP contribution in [-0.4, -0.2) is 15.0 Å². The van der Waals surface area contributed by atoms with Crippen molar-refractivity contribution in [2.75, 3.05) is 0 Å². The summed E-state index contributed by atoms with van der Waals surface area (Å²) in [4.78, 5) is 11.7. The summed E-state index contributed by atoms with van der Waals surface area (Å²) in [6.07, 6.45) is 2.41. The maximum Gasteiger partial charge on any atom is 0.213 e. The molecule has 6 heteroatoms. The van der Waals surface area contributed by atoms with Crippen LogP contribution < -0.4 is 5.32 Å². The van der Waals surface area contributed by atoms with Gasteiger partial charge in [-0.3, -0.25) is 5.32 Å². The highest BCUT2D eigenvalue weighted by Gasteiger charge is 2.25. The molecule has 5 nitrogen and oxygen atoms in total. The van der Waals surface area contributed by atoms with Gasteiger partial charge >= 0.3 is 0 Å². The molecule has 1 atom stereocenters. The number of H-pyrrole nitrogens is 1. The van der Waals surface area contributed by atoms with Crippen LogP contribution in [0.4, 0.5) is 4.39 Å². The zero-order valence-corrected chi connectivity index (χ0v) is 9.98. The van der Waals surface area contributed by atoms with E-state index in [0.29, 0.717) is 30.0 Å². The Morgan fingerprint density at radius 2 is 2.32 bits per heavy atom. The minimum atomic E-state index is -0.307. The highest BCUT2D eigenvalue weighted by Crippen LogP contribution is 2.26. The van der Waals surface area contributed by atoms with Crippen molar-refractivity contribution in [3.05, 3.63) is 47.6 Å². The Bertz CT molecular complexity index is 748. The Morgan fingerprint density at radius 1 is 1.37 bits per heavy atom. The summed E-state index contributed by atoms with van der Waals surface area (Å²) in [5, 5.41) is 3.33. The van der Waals surface area contributed by atoms with Crippen molar-refractivity contribution in [3.8, 4) is 0 Å². The molecule has 1 unspecified atom stereocenters. The third kappa shape index (κ3) is 1.72. The molecule has 0 radical (unpaired) electrons. The molecule has 4 rings (SSSR count). The Kier molecular flexibility index (Phi) is 2.19. The Morgan fingerprint density at radius 3 is 3.26 bits per heavy atom. The average molecular weight is 258 g/mol. The minimum absolute atomic E-state index is 0.0220. The number of nitrogens with zero attached hydrogens (tertiary/aromatic N) is 2. The van der Waals surface area contributed by atoms with Crippen molar-refractivity contribution < 1.29 is 8.81 Å². The van der Waals surface area contributed by atoms with Gasteiger partial charge in [-0.1, -0.05) is 0 Å². The van der Waals surface area contributed by atoms with E-state index in [2.05, 4.69) is 20.3 Å².